The Hall–Kier alpha value is -4.08. The van der Waals surface area contributed by atoms with Gasteiger partial charge in [0.15, 0.2) is 0 Å². The predicted octanol–water partition coefficient (Wildman–Crippen LogP) is 5.59. The van der Waals surface area contributed by atoms with Crippen molar-refractivity contribution in [2.24, 2.45) is 0 Å². The van der Waals surface area contributed by atoms with Crippen molar-refractivity contribution >= 4 is 0 Å². The molecule has 0 saturated carbocycles. The summed E-state index contributed by atoms with van der Waals surface area (Å²) < 4.78 is 16.9. The van der Waals surface area contributed by atoms with Gasteiger partial charge in [-0.15, -0.1) is 6.42 Å². The summed E-state index contributed by atoms with van der Waals surface area (Å²) >= 11 is 0. The molecule has 0 heterocycles. The third-order valence-corrected chi connectivity index (χ3v) is 7.38. The van der Waals surface area contributed by atoms with Crippen LogP contribution >= 0.6 is 0 Å². The van der Waals surface area contributed by atoms with Crippen LogP contribution in [0.25, 0.3) is 11.1 Å². The van der Waals surface area contributed by atoms with E-state index in [0.29, 0.717) is 12.2 Å². The fourth-order valence-electron chi connectivity index (χ4n) is 5.43. The van der Waals surface area contributed by atoms with Crippen molar-refractivity contribution in [2.75, 3.05) is 26.4 Å². The van der Waals surface area contributed by atoms with E-state index in [0.717, 1.165) is 16.9 Å². The second kappa shape index (κ2) is 12.4. The highest BCUT2D eigenvalue weighted by atomic mass is 16.5. The quantitative estimate of drug-likeness (QED) is 0.161. The summed E-state index contributed by atoms with van der Waals surface area (Å²) in [4.78, 5) is 0. The van der Waals surface area contributed by atoms with Crippen molar-refractivity contribution in [1.82, 2.24) is 0 Å². The van der Waals surface area contributed by atoms with E-state index in [4.69, 9.17) is 20.6 Å². The molecule has 2 N–H and O–H groups in total. The van der Waals surface area contributed by atoms with Crippen LogP contribution in [0.1, 0.15) is 35.6 Å². The van der Waals surface area contributed by atoms with E-state index >= 15 is 0 Å². The zero-order chi connectivity index (χ0) is 28.0. The summed E-state index contributed by atoms with van der Waals surface area (Å²) in [5.74, 6) is 3.77. The maximum atomic E-state index is 10.1. The molecule has 5 rings (SSSR count). The third-order valence-electron chi connectivity index (χ3n) is 7.38. The van der Waals surface area contributed by atoms with E-state index in [1.54, 1.807) is 0 Å². The van der Waals surface area contributed by atoms with Crippen LogP contribution in [0, 0.1) is 12.3 Å². The average Bonchev–Trinajstić information content (AvgIpc) is 3.31. The first-order valence-electron chi connectivity index (χ1n) is 13.6. The Morgan fingerprint density at radius 2 is 1.15 bits per heavy atom. The maximum absolute atomic E-state index is 10.1. The van der Waals surface area contributed by atoms with Crippen molar-refractivity contribution in [2.45, 2.75) is 31.0 Å². The largest absolute Gasteiger partial charge is 0.491 e. The van der Waals surface area contributed by atoms with Crippen LogP contribution in [-0.2, 0) is 10.2 Å². The zero-order valence-corrected chi connectivity index (χ0v) is 22.6. The van der Waals surface area contributed by atoms with Crippen LogP contribution in [0.4, 0.5) is 0 Å². The van der Waals surface area contributed by atoms with Crippen molar-refractivity contribution in [3.8, 4) is 35.0 Å². The minimum atomic E-state index is -0.771. The number of terminal acetylenes is 1. The molecule has 0 aliphatic heterocycles. The van der Waals surface area contributed by atoms with Crippen molar-refractivity contribution in [1.29, 1.82) is 0 Å². The first kappa shape index (κ1) is 27.5. The monoisotopic (exact) mass is 534 g/mol. The summed E-state index contributed by atoms with van der Waals surface area (Å²) in [5.41, 5.74) is 6.51. The first-order chi connectivity index (χ1) is 19.6. The Balaban J connectivity index is 1.52. The molecule has 2 unspecified atom stereocenters. The molecule has 0 radical (unpaired) electrons. The maximum Gasteiger partial charge on any atom is 0.119 e. The molecule has 1 aliphatic rings. The number of aliphatic hydroxyl groups excluding tert-OH is 2. The highest BCUT2D eigenvalue weighted by Gasteiger charge is 2.45. The average molecular weight is 535 g/mol. The first-order valence-corrected chi connectivity index (χ1v) is 13.6. The zero-order valence-electron chi connectivity index (χ0n) is 22.6. The molecule has 0 fully saturated rings. The molecule has 0 spiro atoms. The van der Waals surface area contributed by atoms with E-state index < -0.39 is 17.6 Å². The molecule has 40 heavy (non-hydrogen) atoms. The standard InChI is InChI=1S/C35H34O5/c1-3-21-38-22-28(37)24-40-30-19-15-26(16-20-30)35(25-13-17-29(18-14-25)39-23-27(36)4-2)33-11-7-5-9-31(33)32-10-6-8-12-34(32)35/h1,5-20,27-28,36-37H,4,21-24H2,2H3. The van der Waals surface area contributed by atoms with E-state index in [1.165, 1.54) is 22.3 Å². The topological polar surface area (TPSA) is 68.2 Å². The van der Waals surface area contributed by atoms with Gasteiger partial charge in [-0.3, -0.25) is 0 Å². The SMILES string of the molecule is C#CCOCC(O)COc1ccc(C2(c3ccc(OCC(O)CC)cc3)c3ccccc3-c3ccccc32)cc1. The van der Waals surface area contributed by atoms with Crippen molar-refractivity contribution < 1.29 is 24.4 Å². The van der Waals surface area contributed by atoms with Gasteiger partial charge in [0.05, 0.1) is 18.1 Å². The molecule has 0 aromatic heterocycles. The van der Waals surface area contributed by atoms with Gasteiger partial charge in [-0.25, -0.2) is 0 Å². The van der Waals surface area contributed by atoms with Gasteiger partial charge in [-0.1, -0.05) is 85.6 Å². The van der Waals surface area contributed by atoms with E-state index in [-0.39, 0.29) is 26.4 Å². The van der Waals surface area contributed by atoms with Crippen LogP contribution in [-0.4, -0.2) is 48.8 Å². The number of aliphatic hydroxyl groups is 2. The molecule has 2 atom stereocenters. The minimum absolute atomic E-state index is 0.106. The minimum Gasteiger partial charge on any atom is -0.491 e. The normalized spacial score (nSPS) is 14.4. The van der Waals surface area contributed by atoms with Crippen LogP contribution < -0.4 is 9.47 Å². The Labute approximate surface area is 236 Å². The molecule has 5 nitrogen and oxygen atoms in total. The lowest BCUT2D eigenvalue weighted by Gasteiger charge is -2.34. The lowest BCUT2D eigenvalue weighted by molar-refractivity contribution is 0.0229. The van der Waals surface area contributed by atoms with E-state index in [2.05, 4.69) is 78.7 Å². The molecule has 1 aliphatic carbocycles. The third kappa shape index (κ3) is 5.35. The van der Waals surface area contributed by atoms with Crippen molar-refractivity contribution in [3.63, 3.8) is 0 Å². The molecule has 4 aromatic carbocycles. The fourth-order valence-corrected chi connectivity index (χ4v) is 5.43. The van der Waals surface area contributed by atoms with E-state index in [1.807, 2.05) is 31.2 Å². The van der Waals surface area contributed by atoms with Crippen LogP contribution in [0.5, 0.6) is 11.5 Å². The second-order valence-corrected chi connectivity index (χ2v) is 9.95. The molecule has 0 amide bonds. The summed E-state index contributed by atoms with van der Waals surface area (Å²) in [6.07, 6.45) is 4.58. The smallest absolute Gasteiger partial charge is 0.119 e. The Bertz CT molecular complexity index is 1410. The Kier molecular flexibility index (Phi) is 8.52. The summed E-state index contributed by atoms with van der Waals surface area (Å²) in [7, 11) is 0. The highest BCUT2D eigenvalue weighted by molar-refractivity contribution is 5.86. The summed E-state index contributed by atoms with van der Waals surface area (Å²) in [5, 5.41) is 20.1. The lowest BCUT2D eigenvalue weighted by atomic mass is 9.68. The lowest BCUT2D eigenvalue weighted by Crippen LogP contribution is -2.28. The number of rotatable bonds is 12. The van der Waals surface area contributed by atoms with Crippen molar-refractivity contribution in [3.05, 3.63) is 119 Å². The molecular weight excluding hydrogens is 500 g/mol. The van der Waals surface area contributed by atoms with Gasteiger partial charge < -0.3 is 24.4 Å². The van der Waals surface area contributed by atoms with Crippen LogP contribution in [0.15, 0.2) is 97.1 Å². The molecule has 4 aromatic rings. The Morgan fingerprint density at radius 1 is 0.675 bits per heavy atom. The molecule has 0 saturated heterocycles. The summed E-state index contributed by atoms with van der Waals surface area (Å²) in [6, 6.07) is 33.4. The number of benzene rings is 4. The van der Waals surface area contributed by atoms with Gasteiger partial charge in [0.25, 0.3) is 0 Å². The predicted molar refractivity (Wildman–Crippen MR) is 157 cm³/mol. The van der Waals surface area contributed by atoms with Crippen LogP contribution in [0.2, 0.25) is 0 Å². The van der Waals surface area contributed by atoms with Gasteiger partial charge in [-0.2, -0.15) is 0 Å². The van der Waals surface area contributed by atoms with Gasteiger partial charge in [0.2, 0.25) is 0 Å². The molecule has 204 valence electrons. The van der Waals surface area contributed by atoms with Gasteiger partial charge in [0.1, 0.15) is 37.4 Å². The molecule has 0 bridgehead atoms. The van der Waals surface area contributed by atoms with Gasteiger partial charge in [0, 0.05) is 0 Å². The number of hydrogen-bond acceptors (Lipinski definition) is 5. The summed E-state index contributed by atoms with van der Waals surface area (Å²) in [6.45, 7) is 2.58. The second-order valence-electron chi connectivity index (χ2n) is 9.95. The molecular formula is C35H34O5. The van der Waals surface area contributed by atoms with Crippen LogP contribution in [0.3, 0.4) is 0 Å². The van der Waals surface area contributed by atoms with Gasteiger partial charge >= 0.3 is 0 Å². The van der Waals surface area contributed by atoms with Gasteiger partial charge in [-0.05, 0) is 64.1 Å². The molecule has 5 heteroatoms. The van der Waals surface area contributed by atoms with E-state index in [9.17, 15) is 10.2 Å². The number of ether oxygens (including phenoxy) is 3. The highest BCUT2D eigenvalue weighted by Crippen LogP contribution is 2.56. The fraction of sp³-hybridized carbons (Fsp3) is 0.257. The Morgan fingerprint density at radius 3 is 1.62 bits per heavy atom. The number of hydrogen-bond donors (Lipinski definition) is 2. The number of fused-ring (bicyclic) bond motifs is 3.